The van der Waals surface area contributed by atoms with Gasteiger partial charge in [-0.05, 0) is 42.5 Å². The Balaban J connectivity index is 1.58. The number of benzene rings is 3. The van der Waals surface area contributed by atoms with E-state index in [2.05, 4.69) is 31.4 Å². The van der Waals surface area contributed by atoms with Gasteiger partial charge >= 0.3 is 0 Å². The molecule has 0 spiro atoms. The van der Waals surface area contributed by atoms with E-state index in [4.69, 9.17) is 23.2 Å². The standard InChI is InChI=1S/C22H15BrCl2N4OS/c23-15-6-11-19(18(25)12-15)26-20(30)13-31-22-28-27-21(14-4-2-1-3-5-14)29(22)17-9-7-16(24)8-10-17/h1-12H,13H2,(H,26,30). The number of aromatic nitrogens is 3. The van der Waals surface area contributed by atoms with Crippen molar-refractivity contribution in [2.24, 2.45) is 0 Å². The minimum atomic E-state index is -0.193. The summed E-state index contributed by atoms with van der Waals surface area (Å²) in [7, 11) is 0. The fourth-order valence-electron chi connectivity index (χ4n) is 2.87. The summed E-state index contributed by atoms with van der Waals surface area (Å²) >= 11 is 16.9. The Morgan fingerprint density at radius 1 is 1.00 bits per heavy atom. The van der Waals surface area contributed by atoms with Gasteiger partial charge in [0.25, 0.3) is 0 Å². The van der Waals surface area contributed by atoms with Crippen LogP contribution in [0.5, 0.6) is 0 Å². The summed E-state index contributed by atoms with van der Waals surface area (Å²) in [4.78, 5) is 12.5. The molecule has 0 saturated heterocycles. The number of thioether (sulfide) groups is 1. The lowest BCUT2D eigenvalue weighted by Gasteiger charge is -2.11. The number of amides is 1. The van der Waals surface area contributed by atoms with E-state index in [1.54, 1.807) is 12.1 Å². The summed E-state index contributed by atoms with van der Waals surface area (Å²) in [6.45, 7) is 0. The first-order chi connectivity index (χ1) is 15.0. The lowest BCUT2D eigenvalue weighted by Crippen LogP contribution is -2.15. The molecule has 1 heterocycles. The number of nitrogens with zero attached hydrogens (tertiary/aromatic N) is 3. The first kappa shape index (κ1) is 21.9. The molecule has 0 unspecified atom stereocenters. The zero-order valence-electron chi connectivity index (χ0n) is 15.9. The number of anilines is 1. The molecule has 1 amide bonds. The maximum absolute atomic E-state index is 12.5. The molecule has 4 aromatic rings. The number of halogens is 3. The second-order valence-corrected chi connectivity index (χ2v) is 9.15. The van der Waals surface area contributed by atoms with Crippen LogP contribution in [-0.4, -0.2) is 26.4 Å². The van der Waals surface area contributed by atoms with E-state index in [1.807, 2.05) is 65.2 Å². The average molecular weight is 534 g/mol. The van der Waals surface area contributed by atoms with Crippen LogP contribution in [0.4, 0.5) is 5.69 Å². The van der Waals surface area contributed by atoms with Gasteiger partial charge in [-0.15, -0.1) is 10.2 Å². The van der Waals surface area contributed by atoms with Crippen LogP contribution in [-0.2, 0) is 4.79 Å². The van der Waals surface area contributed by atoms with E-state index in [1.165, 1.54) is 11.8 Å². The normalized spacial score (nSPS) is 10.8. The first-order valence-corrected chi connectivity index (χ1v) is 11.7. The van der Waals surface area contributed by atoms with Gasteiger partial charge in [0.05, 0.1) is 16.5 Å². The lowest BCUT2D eigenvalue weighted by molar-refractivity contribution is -0.113. The fraction of sp³-hybridized carbons (Fsp3) is 0.0455. The molecule has 9 heteroatoms. The number of hydrogen-bond acceptors (Lipinski definition) is 4. The molecule has 4 rings (SSSR count). The quantitative estimate of drug-likeness (QED) is 0.279. The zero-order valence-corrected chi connectivity index (χ0v) is 19.8. The van der Waals surface area contributed by atoms with Crippen molar-refractivity contribution in [1.29, 1.82) is 0 Å². The van der Waals surface area contributed by atoms with Crippen molar-refractivity contribution in [2.45, 2.75) is 5.16 Å². The molecule has 5 nitrogen and oxygen atoms in total. The summed E-state index contributed by atoms with van der Waals surface area (Å²) in [5.74, 6) is 0.635. The van der Waals surface area contributed by atoms with Crippen LogP contribution < -0.4 is 5.32 Å². The van der Waals surface area contributed by atoms with Gasteiger partial charge in [0.1, 0.15) is 0 Å². The van der Waals surface area contributed by atoms with E-state index in [-0.39, 0.29) is 11.7 Å². The highest BCUT2D eigenvalue weighted by Crippen LogP contribution is 2.29. The SMILES string of the molecule is O=C(CSc1nnc(-c2ccccc2)n1-c1ccc(Cl)cc1)Nc1ccc(Br)cc1Cl. The summed E-state index contributed by atoms with van der Waals surface area (Å²) in [6, 6.07) is 22.5. The van der Waals surface area contributed by atoms with Gasteiger partial charge < -0.3 is 5.32 Å². The van der Waals surface area contributed by atoms with Crippen LogP contribution in [0.15, 0.2) is 82.4 Å². The molecule has 0 aliphatic rings. The molecule has 0 bridgehead atoms. The predicted molar refractivity (Wildman–Crippen MR) is 130 cm³/mol. The highest BCUT2D eigenvalue weighted by molar-refractivity contribution is 9.10. The number of nitrogens with one attached hydrogen (secondary N) is 1. The van der Waals surface area contributed by atoms with Crippen LogP contribution in [0.2, 0.25) is 10.0 Å². The van der Waals surface area contributed by atoms with Crippen LogP contribution in [0.3, 0.4) is 0 Å². The van der Waals surface area contributed by atoms with Gasteiger partial charge in [0, 0.05) is 20.7 Å². The third kappa shape index (κ3) is 5.30. The maximum Gasteiger partial charge on any atom is 0.234 e. The minimum Gasteiger partial charge on any atom is -0.324 e. The topological polar surface area (TPSA) is 59.8 Å². The van der Waals surface area contributed by atoms with Crippen molar-refractivity contribution in [2.75, 3.05) is 11.1 Å². The lowest BCUT2D eigenvalue weighted by atomic mass is 10.2. The molecular weight excluding hydrogens is 519 g/mol. The second kappa shape index (κ2) is 9.87. The maximum atomic E-state index is 12.5. The predicted octanol–water partition coefficient (Wildman–Crippen LogP) is 6.73. The van der Waals surface area contributed by atoms with Gasteiger partial charge in [0.15, 0.2) is 11.0 Å². The highest BCUT2D eigenvalue weighted by atomic mass is 79.9. The first-order valence-electron chi connectivity index (χ1n) is 9.16. The number of hydrogen-bond donors (Lipinski definition) is 1. The van der Waals surface area contributed by atoms with Gasteiger partial charge in [-0.25, -0.2) is 0 Å². The smallest absolute Gasteiger partial charge is 0.234 e. The number of rotatable bonds is 6. The van der Waals surface area contributed by atoms with E-state index < -0.39 is 0 Å². The van der Waals surface area contributed by atoms with Gasteiger partial charge in [-0.3, -0.25) is 9.36 Å². The fourth-order valence-corrected chi connectivity index (χ4v) is 4.47. The molecule has 1 N–H and O–H groups in total. The van der Waals surface area contributed by atoms with Gasteiger partial charge in [-0.2, -0.15) is 0 Å². The van der Waals surface area contributed by atoms with Gasteiger partial charge in [-0.1, -0.05) is 81.2 Å². The Hall–Kier alpha value is -2.32. The van der Waals surface area contributed by atoms with Crippen molar-refractivity contribution >= 4 is 62.5 Å². The molecule has 0 aliphatic heterocycles. The molecule has 0 aliphatic carbocycles. The molecule has 0 fully saturated rings. The third-order valence-electron chi connectivity index (χ3n) is 4.29. The molecule has 0 atom stereocenters. The van der Waals surface area contributed by atoms with E-state index in [0.29, 0.717) is 26.7 Å². The van der Waals surface area contributed by atoms with Crippen LogP contribution >= 0.6 is 50.9 Å². The Labute approximate surface area is 201 Å². The van der Waals surface area contributed by atoms with Crippen molar-refractivity contribution in [3.8, 4) is 17.1 Å². The van der Waals surface area contributed by atoms with Crippen molar-refractivity contribution < 1.29 is 4.79 Å². The van der Waals surface area contributed by atoms with Crippen molar-refractivity contribution in [3.63, 3.8) is 0 Å². The monoisotopic (exact) mass is 532 g/mol. The zero-order chi connectivity index (χ0) is 21.8. The Bertz CT molecular complexity index is 1220. The molecule has 1 aromatic heterocycles. The van der Waals surface area contributed by atoms with E-state index in [9.17, 15) is 4.79 Å². The second-order valence-electron chi connectivity index (χ2n) is 6.45. The van der Waals surface area contributed by atoms with Crippen molar-refractivity contribution in [3.05, 3.63) is 87.3 Å². The largest absolute Gasteiger partial charge is 0.324 e. The molecule has 0 saturated carbocycles. The number of carbonyl (C=O) groups excluding carboxylic acids is 1. The van der Waals surface area contributed by atoms with Gasteiger partial charge in [0.2, 0.25) is 5.91 Å². The summed E-state index contributed by atoms with van der Waals surface area (Å²) in [5, 5.41) is 13.2. The summed E-state index contributed by atoms with van der Waals surface area (Å²) < 4.78 is 2.75. The molecule has 0 radical (unpaired) electrons. The third-order valence-corrected chi connectivity index (χ3v) is 6.27. The molecular formula is C22H15BrCl2N4OS. The Morgan fingerprint density at radius 2 is 1.74 bits per heavy atom. The van der Waals surface area contributed by atoms with E-state index in [0.717, 1.165) is 15.7 Å². The Morgan fingerprint density at radius 3 is 2.45 bits per heavy atom. The Kier molecular flexibility index (Phi) is 6.97. The van der Waals surface area contributed by atoms with Crippen molar-refractivity contribution in [1.82, 2.24) is 14.8 Å². The van der Waals surface area contributed by atoms with E-state index >= 15 is 0 Å². The summed E-state index contributed by atoms with van der Waals surface area (Å²) in [6.07, 6.45) is 0. The van der Waals surface area contributed by atoms with Crippen LogP contribution in [0.25, 0.3) is 17.1 Å². The summed E-state index contributed by atoms with van der Waals surface area (Å²) in [5.41, 5.74) is 2.33. The molecule has 3 aromatic carbocycles. The highest BCUT2D eigenvalue weighted by Gasteiger charge is 2.17. The minimum absolute atomic E-state index is 0.146. The molecule has 31 heavy (non-hydrogen) atoms. The van der Waals surface area contributed by atoms with Crippen LogP contribution in [0.1, 0.15) is 0 Å². The van der Waals surface area contributed by atoms with Crippen LogP contribution in [0, 0.1) is 0 Å². The molecule has 156 valence electrons. The average Bonchev–Trinajstić information content (AvgIpc) is 3.19. The number of carbonyl (C=O) groups is 1.